The Morgan fingerprint density at radius 3 is 2.17 bits per heavy atom. The van der Waals surface area contributed by atoms with E-state index >= 15 is 0 Å². The molecule has 152 valence electrons. The molecule has 2 saturated heterocycles. The SMILES string of the molecule is CCOc1ccc(C(=O)N2[C@@H]3CC[C@H]2CC(NC(=O)c2ccc(F)cc2)C3)cc1. The van der Waals surface area contributed by atoms with Crippen LogP contribution in [0.25, 0.3) is 0 Å². The molecule has 0 radical (unpaired) electrons. The monoisotopic (exact) mass is 396 g/mol. The van der Waals surface area contributed by atoms with E-state index in [1.54, 1.807) is 0 Å². The lowest BCUT2D eigenvalue weighted by Gasteiger charge is -2.39. The van der Waals surface area contributed by atoms with Crippen molar-refractivity contribution in [2.45, 2.75) is 50.7 Å². The highest BCUT2D eigenvalue weighted by Gasteiger charge is 2.43. The molecule has 2 heterocycles. The highest BCUT2D eigenvalue weighted by molar-refractivity contribution is 5.95. The molecule has 2 aromatic rings. The van der Waals surface area contributed by atoms with Gasteiger partial charge in [-0.1, -0.05) is 0 Å². The number of amides is 2. The molecule has 2 aliphatic heterocycles. The molecule has 0 spiro atoms. The lowest BCUT2D eigenvalue weighted by molar-refractivity contribution is 0.0549. The summed E-state index contributed by atoms with van der Waals surface area (Å²) < 4.78 is 18.5. The van der Waals surface area contributed by atoms with Crippen molar-refractivity contribution in [3.8, 4) is 5.75 Å². The van der Waals surface area contributed by atoms with Crippen LogP contribution in [0.4, 0.5) is 4.39 Å². The third-order valence-corrected chi connectivity index (χ3v) is 5.82. The first-order valence-corrected chi connectivity index (χ1v) is 10.2. The number of hydrogen-bond acceptors (Lipinski definition) is 3. The van der Waals surface area contributed by atoms with Gasteiger partial charge in [-0.25, -0.2) is 4.39 Å². The maximum Gasteiger partial charge on any atom is 0.254 e. The van der Waals surface area contributed by atoms with E-state index in [9.17, 15) is 14.0 Å². The van der Waals surface area contributed by atoms with E-state index in [4.69, 9.17) is 4.74 Å². The highest BCUT2D eigenvalue weighted by Crippen LogP contribution is 2.37. The molecule has 3 atom stereocenters. The molecule has 0 aromatic heterocycles. The first-order valence-electron chi connectivity index (χ1n) is 10.2. The van der Waals surface area contributed by atoms with Crippen LogP contribution in [-0.2, 0) is 0 Å². The van der Waals surface area contributed by atoms with E-state index in [1.807, 2.05) is 36.1 Å². The van der Waals surface area contributed by atoms with Crippen LogP contribution in [-0.4, -0.2) is 41.4 Å². The Hall–Kier alpha value is -2.89. The molecule has 5 nitrogen and oxygen atoms in total. The summed E-state index contributed by atoms with van der Waals surface area (Å²) in [6.45, 7) is 2.52. The zero-order chi connectivity index (χ0) is 20.4. The van der Waals surface area contributed by atoms with Crippen LogP contribution in [0.1, 0.15) is 53.3 Å². The predicted molar refractivity (Wildman–Crippen MR) is 107 cm³/mol. The molecule has 2 aromatic carbocycles. The second-order valence-corrected chi connectivity index (χ2v) is 7.70. The van der Waals surface area contributed by atoms with Crippen molar-refractivity contribution in [3.05, 3.63) is 65.5 Å². The lowest BCUT2D eigenvalue weighted by atomic mass is 9.96. The van der Waals surface area contributed by atoms with Gasteiger partial charge in [0.05, 0.1) is 6.61 Å². The van der Waals surface area contributed by atoms with Gasteiger partial charge in [0.15, 0.2) is 0 Å². The number of halogens is 1. The van der Waals surface area contributed by atoms with E-state index < -0.39 is 0 Å². The molecule has 2 aliphatic rings. The molecular formula is C23H25FN2O3. The maximum absolute atomic E-state index is 13.1. The van der Waals surface area contributed by atoms with Crippen molar-refractivity contribution < 1.29 is 18.7 Å². The molecule has 2 fully saturated rings. The van der Waals surface area contributed by atoms with Gasteiger partial charge in [0, 0.05) is 29.3 Å². The fourth-order valence-electron chi connectivity index (χ4n) is 4.51. The van der Waals surface area contributed by atoms with Crippen LogP contribution in [0.5, 0.6) is 5.75 Å². The average molecular weight is 396 g/mol. The number of hydrogen-bond donors (Lipinski definition) is 1. The number of nitrogens with one attached hydrogen (secondary N) is 1. The number of carbonyl (C=O) groups excluding carboxylic acids is 2. The number of ether oxygens (including phenoxy) is 1. The number of carbonyl (C=O) groups is 2. The minimum absolute atomic E-state index is 0.0226. The minimum atomic E-state index is -0.360. The summed E-state index contributed by atoms with van der Waals surface area (Å²) in [5.74, 6) is 0.250. The normalized spacial score (nSPS) is 23.0. The maximum atomic E-state index is 13.1. The molecule has 29 heavy (non-hydrogen) atoms. The van der Waals surface area contributed by atoms with Crippen LogP contribution >= 0.6 is 0 Å². The quantitative estimate of drug-likeness (QED) is 0.837. The van der Waals surface area contributed by atoms with Gasteiger partial charge in [0.2, 0.25) is 0 Å². The minimum Gasteiger partial charge on any atom is -0.494 e. The van der Waals surface area contributed by atoms with Crippen LogP contribution in [0, 0.1) is 5.82 Å². The van der Waals surface area contributed by atoms with Crippen LogP contribution in [0.15, 0.2) is 48.5 Å². The van der Waals surface area contributed by atoms with E-state index in [-0.39, 0.29) is 35.8 Å². The fourth-order valence-corrected chi connectivity index (χ4v) is 4.51. The van der Waals surface area contributed by atoms with Crippen molar-refractivity contribution in [2.75, 3.05) is 6.61 Å². The average Bonchev–Trinajstić information content (AvgIpc) is 2.99. The Balaban J connectivity index is 1.40. The van der Waals surface area contributed by atoms with Crippen LogP contribution < -0.4 is 10.1 Å². The molecule has 0 saturated carbocycles. The van der Waals surface area contributed by atoms with Gasteiger partial charge in [0.1, 0.15) is 11.6 Å². The van der Waals surface area contributed by atoms with Crippen molar-refractivity contribution >= 4 is 11.8 Å². The zero-order valence-electron chi connectivity index (χ0n) is 16.4. The first-order chi connectivity index (χ1) is 14.0. The Morgan fingerprint density at radius 2 is 1.59 bits per heavy atom. The number of piperidine rings is 1. The number of benzene rings is 2. The van der Waals surface area contributed by atoms with Crippen molar-refractivity contribution in [1.29, 1.82) is 0 Å². The Morgan fingerprint density at radius 1 is 1.00 bits per heavy atom. The Bertz CT molecular complexity index is 868. The summed E-state index contributed by atoms with van der Waals surface area (Å²) in [5.41, 5.74) is 1.12. The fraction of sp³-hybridized carbons (Fsp3) is 0.391. The smallest absolute Gasteiger partial charge is 0.254 e. The van der Waals surface area contributed by atoms with E-state index in [1.165, 1.54) is 24.3 Å². The first kappa shape index (κ1) is 19.4. The van der Waals surface area contributed by atoms with Crippen LogP contribution in [0.2, 0.25) is 0 Å². The summed E-state index contributed by atoms with van der Waals surface area (Å²) >= 11 is 0. The van der Waals surface area contributed by atoms with Crippen molar-refractivity contribution in [2.24, 2.45) is 0 Å². The Labute approximate surface area is 169 Å². The van der Waals surface area contributed by atoms with Gasteiger partial charge >= 0.3 is 0 Å². The summed E-state index contributed by atoms with van der Waals surface area (Å²) in [4.78, 5) is 27.5. The number of nitrogens with zero attached hydrogens (tertiary/aromatic N) is 1. The molecule has 0 aliphatic carbocycles. The standard InChI is InChI=1S/C23H25FN2O3/c1-2-29-21-11-5-16(6-12-21)23(28)26-19-9-10-20(26)14-18(13-19)25-22(27)15-3-7-17(24)8-4-15/h3-8,11-12,18-20H,2,9-10,13-14H2,1H3,(H,25,27)/t18?,19-,20+. The van der Waals surface area contributed by atoms with E-state index in [0.29, 0.717) is 17.7 Å². The molecular weight excluding hydrogens is 371 g/mol. The number of rotatable bonds is 5. The lowest BCUT2D eigenvalue weighted by Crippen LogP contribution is -2.52. The Kier molecular flexibility index (Phi) is 5.51. The predicted octanol–water partition coefficient (Wildman–Crippen LogP) is 3.79. The molecule has 1 N–H and O–H groups in total. The van der Waals surface area contributed by atoms with Crippen LogP contribution in [0.3, 0.4) is 0 Å². The van der Waals surface area contributed by atoms with Gasteiger partial charge in [-0.2, -0.15) is 0 Å². The van der Waals surface area contributed by atoms with Crippen molar-refractivity contribution in [1.82, 2.24) is 10.2 Å². The topological polar surface area (TPSA) is 58.6 Å². The third-order valence-electron chi connectivity index (χ3n) is 5.82. The summed E-state index contributed by atoms with van der Waals surface area (Å²) in [6, 6.07) is 13.1. The summed E-state index contributed by atoms with van der Waals surface area (Å²) in [7, 11) is 0. The molecule has 2 bridgehead atoms. The van der Waals surface area contributed by atoms with Gasteiger partial charge in [0.25, 0.3) is 11.8 Å². The second-order valence-electron chi connectivity index (χ2n) is 7.70. The van der Waals surface area contributed by atoms with Gasteiger partial charge in [-0.3, -0.25) is 9.59 Å². The molecule has 6 heteroatoms. The number of fused-ring (bicyclic) bond motifs is 2. The summed E-state index contributed by atoms with van der Waals surface area (Å²) in [5, 5.41) is 3.06. The largest absolute Gasteiger partial charge is 0.494 e. The molecule has 2 amide bonds. The highest BCUT2D eigenvalue weighted by atomic mass is 19.1. The zero-order valence-corrected chi connectivity index (χ0v) is 16.4. The third kappa shape index (κ3) is 4.11. The van der Waals surface area contributed by atoms with E-state index in [2.05, 4.69) is 5.32 Å². The summed E-state index contributed by atoms with van der Waals surface area (Å²) in [6.07, 6.45) is 3.39. The van der Waals surface area contributed by atoms with Gasteiger partial charge in [-0.15, -0.1) is 0 Å². The van der Waals surface area contributed by atoms with E-state index in [0.717, 1.165) is 31.4 Å². The second kappa shape index (κ2) is 8.23. The van der Waals surface area contributed by atoms with Gasteiger partial charge in [-0.05, 0) is 81.1 Å². The van der Waals surface area contributed by atoms with Crippen molar-refractivity contribution in [3.63, 3.8) is 0 Å². The van der Waals surface area contributed by atoms with Gasteiger partial charge < -0.3 is 15.0 Å². The molecule has 4 rings (SSSR count). The molecule has 1 unspecified atom stereocenters.